The average Bonchev–Trinajstić information content (AvgIpc) is 2.42. The molecular weight excluding hydrogens is 224 g/mol. The number of halogens is 1. The predicted octanol–water partition coefficient (Wildman–Crippen LogP) is 2.01. The molecule has 0 aromatic carbocycles. The molecule has 0 radical (unpaired) electrons. The molecule has 4 heteroatoms. The van der Waals surface area contributed by atoms with Crippen LogP contribution in [0.15, 0.2) is 0 Å². The molecule has 2 unspecified atom stereocenters. The van der Waals surface area contributed by atoms with Gasteiger partial charge in [0, 0.05) is 5.54 Å². The Bertz CT molecular complexity index is 247. The fourth-order valence-electron chi connectivity index (χ4n) is 3.03. The van der Waals surface area contributed by atoms with E-state index in [0.717, 1.165) is 6.61 Å². The predicted molar refractivity (Wildman–Crippen MR) is 69.1 cm³/mol. The molecule has 3 nitrogen and oxygen atoms in total. The molecule has 1 N–H and O–H groups in total. The molecule has 96 valence electrons. The van der Waals surface area contributed by atoms with Crippen molar-refractivity contribution in [3.8, 4) is 0 Å². The Labute approximate surface area is 105 Å². The summed E-state index contributed by atoms with van der Waals surface area (Å²) >= 11 is 0. The Morgan fingerprint density at radius 2 is 1.94 bits per heavy atom. The molecule has 0 aromatic rings. The number of rotatable bonds is 1. The smallest absolute Gasteiger partial charge is 0.132 e. The van der Waals surface area contributed by atoms with Gasteiger partial charge in [-0.3, -0.25) is 10.2 Å². The van der Waals surface area contributed by atoms with Gasteiger partial charge in [-0.1, -0.05) is 6.42 Å². The molecule has 0 bridgehead atoms. The fourth-order valence-corrected chi connectivity index (χ4v) is 3.03. The molecule has 16 heavy (non-hydrogen) atoms. The molecule has 0 saturated carbocycles. The zero-order valence-corrected chi connectivity index (χ0v) is 11.7. The zero-order chi connectivity index (χ0) is 11.1. The third-order valence-electron chi connectivity index (χ3n) is 3.73. The first-order valence-electron chi connectivity index (χ1n) is 6.06. The van der Waals surface area contributed by atoms with Gasteiger partial charge < -0.3 is 4.74 Å². The molecule has 0 aliphatic carbocycles. The lowest BCUT2D eigenvalue weighted by atomic mass is 9.93. The Morgan fingerprint density at radius 3 is 2.44 bits per heavy atom. The van der Waals surface area contributed by atoms with Crippen molar-refractivity contribution in [1.29, 1.82) is 0 Å². The van der Waals surface area contributed by atoms with Crippen molar-refractivity contribution in [3.05, 3.63) is 0 Å². The maximum Gasteiger partial charge on any atom is 0.132 e. The average molecular weight is 249 g/mol. The molecule has 2 aliphatic rings. The van der Waals surface area contributed by atoms with E-state index >= 15 is 0 Å². The topological polar surface area (TPSA) is 24.5 Å². The molecule has 2 saturated heterocycles. The number of hydrogen-bond donors (Lipinski definition) is 1. The van der Waals surface area contributed by atoms with Crippen molar-refractivity contribution in [3.63, 3.8) is 0 Å². The summed E-state index contributed by atoms with van der Waals surface area (Å²) in [4.78, 5) is 2.44. The SMILES string of the molecule is CN1CCCCC1C1(C)NC(C)(C)CO1.Cl. The maximum absolute atomic E-state index is 6.01. The minimum Gasteiger partial charge on any atom is -0.357 e. The molecule has 0 amide bonds. The second kappa shape index (κ2) is 4.81. The Balaban J connectivity index is 0.00000128. The van der Waals surface area contributed by atoms with Crippen LogP contribution in [0.4, 0.5) is 0 Å². The highest BCUT2D eigenvalue weighted by Crippen LogP contribution is 2.32. The fraction of sp³-hybridized carbons (Fsp3) is 1.00. The number of piperidine rings is 1. The minimum atomic E-state index is -0.154. The van der Waals surface area contributed by atoms with Gasteiger partial charge in [-0.2, -0.15) is 0 Å². The van der Waals surface area contributed by atoms with E-state index in [1.165, 1.54) is 25.8 Å². The van der Waals surface area contributed by atoms with Gasteiger partial charge in [-0.05, 0) is 47.2 Å². The molecule has 2 heterocycles. The van der Waals surface area contributed by atoms with E-state index in [-0.39, 0.29) is 23.7 Å². The summed E-state index contributed by atoms with van der Waals surface area (Å²) in [6, 6.07) is 0.521. The number of ether oxygens (including phenoxy) is 1. The van der Waals surface area contributed by atoms with E-state index in [0.29, 0.717) is 6.04 Å². The Hall–Kier alpha value is 0.170. The lowest BCUT2D eigenvalue weighted by Crippen LogP contribution is -2.60. The highest BCUT2D eigenvalue weighted by molar-refractivity contribution is 5.85. The minimum absolute atomic E-state index is 0. The van der Waals surface area contributed by atoms with Crippen molar-refractivity contribution >= 4 is 12.4 Å². The van der Waals surface area contributed by atoms with E-state index in [1.54, 1.807) is 0 Å². The molecule has 2 aliphatic heterocycles. The lowest BCUT2D eigenvalue weighted by molar-refractivity contribution is -0.0709. The number of nitrogens with one attached hydrogen (secondary N) is 1. The van der Waals surface area contributed by atoms with Crippen molar-refractivity contribution in [2.75, 3.05) is 20.2 Å². The number of likely N-dealkylation sites (N-methyl/N-ethyl adjacent to an activating group) is 1. The Morgan fingerprint density at radius 1 is 1.25 bits per heavy atom. The van der Waals surface area contributed by atoms with Gasteiger partial charge in [0.1, 0.15) is 5.72 Å². The first kappa shape index (κ1) is 14.2. The standard InChI is InChI=1S/C12H24N2O.ClH/c1-11(2)9-15-12(3,13-11)10-7-5-6-8-14(10)4;/h10,13H,5-9H2,1-4H3;1H. The normalized spacial score (nSPS) is 39.4. The van der Waals surface area contributed by atoms with E-state index in [2.05, 4.69) is 38.0 Å². The van der Waals surface area contributed by atoms with Gasteiger partial charge in [-0.25, -0.2) is 0 Å². The molecule has 0 aromatic heterocycles. The summed E-state index contributed by atoms with van der Waals surface area (Å²) in [6.07, 6.45) is 3.90. The van der Waals surface area contributed by atoms with Crippen LogP contribution in [0.2, 0.25) is 0 Å². The van der Waals surface area contributed by atoms with Crippen LogP contribution in [0.1, 0.15) is 40.0 Å². The largest absolute Gasteiger partial charge is 0.357 e. The van der Waals surface area contributed by atoms with Crippen molar-refractivity contribution in [2.45, 2.75) is 57.3 Å². The summed E-state index contributed by atoms with van der Waals surface area (Å²) in [5, 5.41) is 3.64. The second-order valence-corrected chi connectivity index (χ2v) is 5.90. The molecule has 2 rings (SSSR count). The van der Waals surface area contributed by atoms with Crippen molar-refractivity contribution in [2.24, 2.45) is 0 Å². The van der Waals surface area contributed by atoms with E-state index in [9.17, 15) is 0 Å². The zero-order valence-electron chi connectivity index (χ0n) is 10.9. The van der Waals surface area contributed by atoms with Gasteiger partial charge in [-0.15, -0.1) is 12.4 Å². The van der Waals surface area contributed by atoms with Gasteiger partial charge in [0.25, 0.3) is 0 Å². The first-order chi connectivity index (χ1) is 6.93. The molecular formula is C12H25ClN2O. The van der Waals surface area contributed by atoms with Crippen LogP contribution in [0, 0.1) is 0 Å². The van der Waals surface area contributed by atoms with Gasteiger partial charge in [0.2, 0.25) is 0 Å². The molecule has 0 spiro atoms. The summed E-state index contributed by atoms with van der Waals surface area (Å²) in [5.74, 6) is 0. The van der Waals surface area contributed by atoms with Gasteiger partial charge in [0.05, 0.1) is 12.6 Å². The maximum atomic E-state index is 6.01. The quantitative estimate of drug-likeness (QED) is 0.768. The van der Waals surface area contributed by atoms with E-state index < -0.39 is 0 Å². The lowest BCUT2D eigenvalue weighted by Gasteiger charge is -2.43. The summed E-state index contributed by atoms with van der Waals surface area (Å²) in [7, 11) is 2.21. The van der Waals surface area contributed by atoms with Gasteiger partial charge >= 0.3 is 0 Å². The third kappa shape index (κ3) is 2.70. The highest BCUT2D eigenvalue weighted by atomic mass is 35.5. The van der Waals surface area contributed by atoms with Crippen LogP contribution < -0.4 is 5.32 Å². The van der Waals surface area contributed by atoms with Crippen LogP contribution in [0.5, 0.6) is 0 Å². The number of hydrogen-bond acceptors (Lipinski definition) is 3. The van der Waals surface area contributed by atoms with Crippen molar-refractivity contribution < 1.29 is 4.74 Å². The summed E-state index contributed by atoms with van der Waals surface area (Å²) < 4.78 is 6.01. The van der Waals surface area contributed by atoms with Crippen LogP contribution in [-0.4, -0.2) is 42.4 Å². The van der Waals surface area contributed by atoms with Crippen LogP contribution in [0.3, 0.4) is 0 Å². The highest BCUT2D eigenvalue weighted by Gasteiger charge is 2.47. The number of nitrogens with zero attached hydrogens (tertiary/aromatic N) is 1. The number of likely N-dealkylation sites (tertiary alicyclic amines) is 1. The van der Waals surface area contributed by atoms with E-state index in [1.807, 2.05) is 0 Å². The first-order valence-corrected chi connectivity index (χ1v) is 6.06. The van der Waals surface area contributed by atoms with Crippen LogP contribution in [-0.2, 0) is 4.74 Å². The van der Waals surface area contributed by atoms with Crippen LogP contribution in [0.25, 0.3) is 0 Å². The van der Waals surface area contributed by atoms with Crippen LogP contribution >= 0.6 is 12.4 Å². The summed E-state index contributed by atoms with van der Waals surface area (Å²) in [6.45, 7) is 8.63. The molecule has 2 atom stereocenters. The molecule has 2 fully saturated rings. The second-order valence-electron chi connectivity index (χ2n) is 5.90. The van der Waals surface area contributed by atoms with E-state index in [4.69, 9.17) is 4.74 Å². The third-order valence-corrected chi connectivity index (χ3v) is 3.73. The van der Waals surface area contributed by atoms with Crippen molar-refractivity contribution in [1.82, 2.24) is 10.2 Å². The monoisotopic (exact) mass is 248 g/mol. The summed E-state index contributed by atoms with van der Waals surface area (Å²) in [5.41, 5.74) is -0.0360. The Kier molecular flexibility index (Phi) is 4.28. The van der Waals surface area contributed by atoms with Gasteiger partial charge in [0.15, 0.2) is 0 Å².